The fourth-order valence-electron chi connectivity index (χ4n) is 4.77. The first-order chi connectivity index (χ1) is 13.6. The topological polar surface area (TPSA) is 68.6 Å². The van der Waals surface area contributed by atoms with E-state index in [0.717, 1.165) is 44.3 Å². The molecule has 156 valence electrons. The molecule has 1 saturated heterocycles. The Morgan fingerprint density at radius 3 is 2.54 bits per heavy atom. The summed E-state index contributed by atoms with van der Waals surface area (Å²) < 4.78 is 10.8. The van der Waals surface area contributed by atoms with Gasteiger partial charge in [0.05, 0.1) is 32.8 Å². The lowest BCUT2D eigenvalue weighted by Crippen LogP contribution is -3.25. The molecular formula is C22H37N3O3+2. The minimum Gasteiger partial charge on any atom is -0.497 e. The molecule has 1 amide bonds. The largest absolute Gasteiger partial charge is 0.497 e. The summed E-state index contributed by atoms with van der Waals surface area (Å²) in [6.45, 7) is 7.30. The fourth-order valence-corrected chi connectivity index (χ4v) is 4.77. The Hall–Kier alpha value is -1.63. The van der Waals surface area contributed by atoms with E-state index in [0.29, 0.717) is 12.0 Å². The number of hydrogen-bond acceptors (Lipinski definition) is 3. The van der Waals surface area contributed by atoms with Crippen molar-refractivity contribution < 1.29 is 24.5 Å². The van der Waals surface area contributed by atoms with E-state index in [4.69, 9.17) is 9.47 Å². The fraction of sp³-hybridized carbons (Fsp3) is 0.682. The number of benzene rings is 1. The number of carbonyl (C=O) groups is 1. The van der Waals surface area contributed by atoms with Gasteiger partial charge in [0.2, 0.25) is 5.91 Å². The molecule has 4 N–H and O–H groups in total. The zero-order valence-corrected chi connectivity index (χ0v) is 17.5. The maximum Gasteiger partial charge on any atom is 0.230 e. The van der Waals surface area contributed by atoms with Gasteiger partial charge in [-0.15, -0.1) is 0 Å². The molecule has 0 aromatic heterocycles. The van der Waals surface area contributed by atoms with Crippen molar-refractivity contribution in [1.29, 1.82) is 0 Å². The zero-order valence-electron chi connectivity index (χ0n) is 17.5. The first-order valence-corrected chi connectivity index (χ1v) is 10.8. The van der Waals surface area contributed by atoms with Crippen LogP contribution in [0.4, 0.5) is 5.69 Å². The molecule has 0 radical (unpaired) electrons. The van der Waals surface area contributed by atoms with Gasteiger partial charge in [-0.25, -0.2) is 0 Å². The van der Waals surface area contributed by atoms with Crippen molar-refractivity contribution >= 4 is 11.6 Å². The summed E-state index contributed by atoms with van der Waals surface area (Å²) >= 11 is 0. The predicted octanol–water partition coefficient (Wildman–Crippen LogP) is 0.594. The Morgan fingerprint density at radius 1 is 1.21 bits per heavy atom. The third kappa shape index (κ3) is 5.69. The molecule has 1 aliphatic carbocycles. The number of ether oxygens (including phenoxy) is 2. The molecule has 1 aromatic carbocycles. The van der Waals surface area contributed by atoms with Crippen molar-refractivity contribution in [1.82, 2.24) is 0 Å². The Balaban J connectivity index is 1.49. The lowest BCUT2D eigenvalue weighted by Gasteiger charge is -2.43. The summed E-state index contributed by atoms with van der Waals surface area (Å²) in [6.07, 6.45) is 7.19. The van der Waals surface area contributed by atoms with Gasteiger partial charge in [-0.05, 0) is 44.0 Å². The lowest BCUT2D eigenvalue weighted by molar-refractivity contribution is -0.976. The summed E-state index contributed by atoms with van der Waals surface area (Å²) in [4.78, 5) is 14.2. The van der Waals surface area contributed by atoms with Crippen LogP contribution in [0.25, 0.3) is 0 Å². The molecule has 2 aliphatic rings. The second-order valence-corrected chi connectivity index (χ2v) is 8.45. The highest BCUT2D eigenvalue weighted by molar-refractivity contribution is 5.90. The Bertz CT molecular complexity index is 608. The Labute approximate surface area is 169 Å². The number of amides is 1. The van der Waals surface area contributed by atoms with Crippen LogP contribution in [-0.2, 0) is 9.53 Å². The minimum absolute atomic E-state index is 0.0744. The Kier molecular flexibility index (Phi) is 7.71. The average Bonchev–Trinajstić information content (AvgIpc) is 2.74. The van der Waals surface area contributed by atoms with Crippen LogP contribution in [-0.4, -0.2) is 57.4 Å². The normalized spacial score (nSPS) is 21.1. The van der Waals surface area contributed by atoms with E-state index < -0.39 is 0 Å². The smallest absolute Gasteiger partial charge is 0.230 e. The highest BCUT2D eigenvalue weighted by Crippen LogP contribution is 2.24. The van der Waals surface area contributed by atoms with Crippen molar-refractivity contribution in [3.8, 4) is 5.75 Å². The van der Waals surface area contributed by atoms with Crippen molar-refractivity contribution in [2.75, 3.05) is 45.3 Å². The number of morpholine rings is 1. The van der Waals surface area contributed by atoms with E-state index in [1.807, 2.05) is 24.3 Å². The molecule has 6 heteroatoms. The molecule has 1 saturated carbocycles. The van der Waals surface area contributed by atoms with Crippen LogP contribution in [0.15, 0.2) is 24.3 Å². The summed E-state index contributed by atoms with van der Waals surface area (Å²) in [5, 5.41) is 5.40. The van der Waals surface area contributed by atoms with Gasteiger partial charge in [-0.3, -0.25) is 4.79 Å². The number of hydrogen-bond donors (Lipinski definition) is 3. The highest BCUT2D eigenvalue weighted by atomic mass is 16.5. The number of nitrogens with two attached hydrogens (primary N) is 1. The van der Waals surface area contributed by atoms with Crippen molar-refractivity contribution in [2.45, 2.75) is 57.0 Å². The monoisotopic (exact) mass is 391 g/mol. The number of methoxy groups -OCH3 is 1. The summed E-state index contributed by atoms with van der Waals surface area (Å²) in [7, 11) is 1.64. The zero-order chi connectivity index (χ0) is 19.8. The first-order valence-electron chi connectivity index (χ1n) is 10.8. The number of quaternary nitrogens is 2. The van der Waals surface area contributed by atoms with Gasteiger partial charge >= 0.3 is 0 Å². The van der Waals surface area contributed by atoms with Crippen LogP contribution in [0.3, 0.4) is 0 Å². The number of nitrogens with one attached hydrogen (secondary N) is 2. The molecule has 3 rings (SSSR count). The standard InChI is InChI=1S/C22H35N3O3/c1-18(16-21(26)24-19-6-8-20(27-2)9-7-19)23-17-22(10-4-3-5-11-22)25-12-14-28-15-13-25/h6-9,18,23H,3-5,10-17H2,1-2H3,(H,24,26)/p+2/t18-/m0/s1. The van der Waals surface area contributed by atoms with Crippen LogP contribution >= 0.6 is 0 Å². The van der Waals surface area contributed by atoms with Gasteiger partial charge in [0.25, 0.3) is 0 Å². The number of anilines is 1. The van der Waals surface area contributed by atoms with E-state index in [2.05, 4.69) is 17.6 Å². The highest BCUT2D eigenvalue weighted by Gasteiger charge is 2.44. The molecule has 0 spiro atoms. The third-order valence-corrected chi connectivity index (χ3v) is 6.45. The molecule has 1 aromatic rings. The van der Waals surface area contributed by atoms with Gasteiger partial charge in [-0.1, -0.05) is 6.42 Å². The number of rotatable bonds is 8. The SMILES string of the molecule is COc1ccc(NC(=O)C[C@H](C)[NH2+]CC2([NH+]3CCOCC3)CCCCC2)cc1. The second kappa shape index (κ2) is 10.2. The molecule has 0 bridgehead atoms. The van der Waals surface area contributed by atoms with Crippen LogP contribution in [0.2, 0.25) is 0 Å². The van der Waals surface area contributed by atoms with E-state index >= 15 is 0 Å². The Morgan fingerprint density at radius 2 is 1.89 bits per heavy atom. The predicted molar refractivity (Wildman–Crippen MR) is 110 cm³/mol. The summed E-state index contributed by atoms with van der Waals surface area (Å²) in [5.41, 5.74) is 1.18. The summed E-state index contributed by atoms with van der Waals surface area (Å²) in [6, 6.07) is 7.76. The van der Waals surface area contributed by atoms with Crippen LogP contribution in [0.1, 0.15) is 45.4 Å². The molecular weight excluding hydrogens is 354 g/mol. The van der Waals surface area contributed by atoms with Gasteiger partial charge in [0.15, 0.2) is 0 Å². The lowest BCUT2D eigenvalue weighted by atomic mass is 9.79. The van der Waals surface area contributed by atoms with E-state index in [-0.39, 0.29) is 11.9 Å². The third-order valence-electron chi connectivity index (χ3n) is 6.45. The number of carbonyl (C=O) groups excluding carboxylic acids is 1. The average molecular weight is 392 g/mol. The first kappa shape index (κ1) is 21.1. The maximum absolute atomic E-state index is 12.4. The molecule has 6 nitrogen and oxygen atoms in total. The van der Waals surface area contributed by atoms with Gasteiger partial charge in [-0.2, -0.15) is 0 Å². The van der Waals surface area contributed by atoms with E-state index in [9.17, 15) is 4.79 Å². The van der Waals surface area contributed by atoms with Crippen LogP contribution in [0.5, 0.6) is 5.75 Å². The molecule has 0 unspecified atom stereocenters. The second-order valence-electron chi connectivity index (χ2n) is 8.45. The molecule has 2 fully saturated rings. The quantitative estimate of drug-likeness (QED) is 0.608. The molecule has 1 aliphatic heterocycles. The van der Waals surface area contributed by atoms with Crippen molar-refractivity contribution in [3.05, 3.63) is 24.3 Å². The van der Waals surface area contributed by atoms with E-state index in [1.165, 1.54) is 32.1 Å². The summed E-state index contributed by atoms with van der Waals surface area (Å²) in [5.74, 6) is 0.869. The molecule has 28 heavy (non-hydrogen) atoms. The minimum atomic E-state index is 0.0744. The van der Waals surface area contributed by atoms with Crippen molar-refractivity contribution in [3.63, 3.8) is 0 Å². The maximum atomic E-state index is 12.4. The van der Waals surface area contributed by atoms with Gasteiger partial charge in [0.1, 0.15) is 30.9 Å². The van der Waals surface area contributed by atoms with Gasteiger partial charge < -0.3 is 25.0 Å². The van der Waals surface area contributed by atoms with Crippen LogP contribution in [0, 0.1) is 0 Å². The van der Waals surface area contributed by atoms with E-state index in [1.54, 1.807) is 12.0 Å². The van der Waals surface area contributed by atoms with Crippen molar-refractivity contribution in [2.24, 2.45) is 0 Å². The molecule has 1 atom stereocenters. The van der Waals surface area contributed by atoms with Gasteiger partial charge in [0, 0.05) is 18.5 Å². The van der Waals surface area contributed by atoms with Crippen LogP contribution < -0.4 is 20.3 Å². The molecule has 1 heterocycles.